The summed E-state index contributed by atoms with van der Waals surface area (Å²) in [4.78, 5) is 12.5. The molecule has 0 saturated carbocycles. The molecule has 2 aromatic carbocycles. The largest absolute Gasteiger partial charge is 0.494 e. The second-order valence-electron chi connectivity index (χ2n) is 5.48. The second kappa shape index (κ2) is 9.16. The topological polar surface area (TPSA) is 84.5 Å². The van der Waals surface area contributed by atoms with E-state index in [1.54, 1.807) is 43.3 Å². The monoisotopic (exact) mass is 440 g/mol. The van der Waals surface area contributed by atoms with Crippen molar-refractivity contribution >= 4 is 37.5 Å². The van der Waals surface area contributed by atoms with E-state index in [0.717, 1.165) is 4.47 Å². The van der Waals surface area contributed by atoms with Crippen molar-refractivity contribution in [2.75, 3.05) is 11.9 Å². The van der Waals surface area contributed by atoms with E-state index in [0.29, 0.717) is 24.5 Å². The van der Waals surface area contributed by atoms with Crippen LogP contribution < -0.4 is 14.8 Å². The number of benzene rings is 2. The number of halogens is 1. The predicted molar refractivity (Wildman–Crippen MR) is 105 cm³/mol. The average Bonchev–Trinajstić information content (AvgIpc) is 2.62. The lowest BCUT2D eigenvalue weighted by molar-refractivity contribution is -0.117. The van der Waals surface area contributed by atoms with Gasteiger partial charge in [0.15, 0.2) is 0 Å². The van der Waals surface area contributed by atoms with Crippen molar-refractivity contribution in [1.82, 2.24) is 4.72 Å². The minimum absolute atomic E-state index is 0.105. The van der Waals surface area contributed by atoms with Gasteiger partial charge >= 0.3 is 0 Å². The van der Waals surface area contributed by atoms with Crippen LogP contribution in [0.2, 0.25) is 0 Å². The Balaban J connectivity index is 2.07. The van der Waals surface area contributed by atoms with Gasteiger partial charge in [-0.3, -0.25) is 4.79 Å². The summed E-state index contributed by atoms with van der Waals surface area (Å²) < 4.78 is 33.5. The first-order chi connectivity index (χ1) is 12.4. The molecule has 6 nitrogen and oxygen atoms in total. The first-order valence-corrected chi connectivity index (χ1v) is 10.4. The first kappa shape index (κ1) is 20.4. The van der Waals surface area contributed by atoms with Crippen molar-refractivity contribution in [1.29, 1.82) is 0 Å². The van der Waals surface area contributed by atoms with Gasteiger partial charge in [0.25, 0.3) is 0 Å². The van der Waals surface area contributed by atoms with Crippen LogP contribution in [-0.4, -0.2) is 27.0 Å². The van der Waals surface area contributed by atoms with E-state index >= 15 is 0 Å². The normalized spacial score (nSPS) is 12.4. The Morgan fingerprint density at radius 2 is 1.69 bits per heavy atom. The van der Waals surface area contributed by atoms with E-state index in [-0.39, 0.29) is 4.90 Å². The van der Waals surface area contributed by atoms with Crippen molar-refractivity contribution < 1.29 is 17.9 Å². The molecule has 0 fully saturated rings. The zero-order valence-electron chi connectivity index (χ0n) is 14.5. The molecule has 0 bridgehead atoms. The fourth-order valence-electron chi connectivity index (χ4n) is 2.22. The molecular weight excluding hydrogens is 420 g/mol. The molecule has 0 aromatic heterocycles. The summed E-state index contributed by atoms with van der Waals surface area (Å²) in [7, 11) is -3.79. The Morgan fingerprint density at radius 1 is 1.08 bits per heavy atom. The fraction of sp³-hybridized carbons (Fsp3) is 0.278. The molecule has 2 rings (SSSR count). The highest BCUT2D eigenvalue weighted by Gasteiger charge is 2.24. The third-order valence-corrected chi connectivity index (χ3v) is 5.60. The second-order valence-corrected chi connectivity index (χ2v) is 8.11. The molecule has 1 amide bonds. The molecule has 8 heteroatoms. The smallest absolute Gasteiger partial charge is 0.242 e. The predicted octanol–water partition coefficient (Wildman–Crippen LogP) is 3.54. The minimum Gasteiger partial charge on any atom is -0.494 e. The number of amides is 1. The first-order valence-electron chi connectivity index (χ1n) is 8.17. The van der Waals surface area contributed by atoms with Crippen LogP contribution in [0.25, 0.3) is 0 Å². The van der Waals surface area contributed by atoms with Crippen LogP contribution in [0.4, 0.5) is 5.69 Å². The van der Waals surface area contributed by atoms with Gasteiger partial charge in [-0.15, -0.1) is 0 Å². The molecule has 1 atom stereocenters. The molecule has 0 aliphatic heterocycles. The third kappa shape index (κ3) is 5.55. The molecule has 1 unspecified atom stereocenters. The molecule has 0 heterocycles. The number of carbonyl (C=O) groups excluding carboxylic acids is 1. The van der Waals surface area contributed by atoms with Gasteiger partial charge in [-0.05, 0) is 61.9 Å². The number of ether oxygens (including phenoxy) is 1. The Kier molecular flexibility index (Phi) is 7.19. The molecule has 0 saturated heterocycles. The van der Waals surface area contributed by atoms with Crippen LogP contribution in [0.3, 0.4) is 0 Å². The van der Waals surface area contributed by atoms with Gasteiger partial charge in [-0.25, -0.2) is 8.42 Å². The van der Waals surface area contributed by atoms with Crippen molar-refractivity contribution in [2.24, 2.45) is 0 Å². The van der Waals surface area contributed by atoms with Crippen molar-refractivity contribution in [3.63, 3.8) is 0 Å². The maximum atomic E-state index is 12.5. The number of nitrogens with one attached hydrogen (secondary N) is 2. The molecular formula is C18H21BrN2O4S. The SMILES string of the molecule is CCOc1ccc(NC(=O)C(CC)NS(=O)(=O)c2ccc(Br)cc2)cc1. The quantitative estimate of drug-likeness (QED) is 0.657. The molecule has 0 spiro atoms. The van der Waals surface area contributed by atoms with Crippen LogP contribution in [0.5, 0.6) is 5.75 Å². The molecule has 0 aliphatic rings. The van der Waals surface area contributed by atoms with Crippen LogP contribution in [-0.2, 0) is 14.8 Å². The van der Waals surface area contributed by atoms with Crippen molar-refractivity contribution in [2.45, 2.75) is 31.2 Å². The van der Waals surface area contributed by atoms with Gasteiger partial charge < -0.3 is 10.1 Å². The molecule has 140 valence electrons. The summed E-state index contributed by atoms with van der Waals surface area (Å²) in [5.41, 5.74) is 0.569. The molecule has 2 N–H and O–H groups in total. The number of hydrogen-bond donors (Lipinski definition) is 2. The summed E-state index contributed by atoms with van der Waals surface area (Å²) >= 11 is 3.26. The molecule has 2 aromatic rings. The zero-order chi connectivity index (χ0) is 19.2. The highest BCUT2D eigenvalue weighted by Crippen LogP contribution is 2.17. The zero-order valence-corrected chi connectivity index (χ0v) is 16.9. The summed E-state index contributed by atoms with van der Waals surface area (Å²) in [6, 6.07) is 12.2. The highest BCUT2D eigenvalue weighted by molar-refractivity contribution is 9.10. The van der Waals surface area contributed by atoms with Gasteiger partial charge in [-0.1, -0.05) is 22.9 Å². The Bertz CT molecular complexity index is 836. The lowest BCUT2D eigenvalue weighted by Gasteiger charge is -2.17. The van der Waals surface area contributed by atoms with E-state index in [4.69, 9.17) is 4.74 Å². The highest BCUT2D eigenvalue weighted by atomic mass is 79.9. The Hall–Kier alpha value is -1.90. The van der Waals surface area contributed by atoms with E-state index in [9.17, 15) is 13.2 Å². The maximum Gasteiger partial charge on any atom is 0.242 e. The number of anilines is 1. The van der Waals surface area contributed by atoms with Gasteiger partial charge in [0.2, 0.25) is 15.9 Å². The summed E-state index contributed by atoms with van der Waals surface area (Å²) in [5.74, 6) is 0.283. The van der Waals surface area contributed by atoms with Crippen LogP contribution >= 0.6 is 15.9 Å². The van der Waals surface area contributed by atoms with E-state index in [2.05, 4.69) is 26.0 Å². The van der Waals surface area contributed by atoms with E-state index < -0.39 is 22.0 Å². The van der Waals surface area contributed by atoms with Crippen molar-refractivity contribution in [3.8, 4) is 5.75 Å². The summed E-state index contributed by atoms with van der Waals surface area (Å²) in [6.07, 6.45) is 0.318. The number of rotatable bonds is 8. The Labute approximate surface area is 162 Å². The molecule has 0 aliphatic carbocycles. The summed E-state index contributed by atoms with van der Waals surface area (Å²) in [5, 5.41) is 2.72. The fourth-order valence-corrected chi connectivity index (χ4v) is 3.76. The average molecular weight is 441 g/mol. The summed E-state index contributed by atoms with van der Waals surface area (Å²) in [6.45, 7) is 4.19. The van der Waals surface area contributed by atoms with Gasteiger partial charge in [0.1, 0.15) is 11.8 Å². The molecule has 0 radical (unpaired) electrons. The number of sulfonamides is 1. The van der Waals surface area contributed by atoms with Crippen LogP contribution in [0.15, 0.2) is 57.9 Å². The third-order valence-electron chi connectivity index (χ3n) is 3.58. The van der Waals surface area contributed by atoms with E-state index in [1.165, 1.54) is 12.1 Å². The van der Waals surface area contributed by atoms with E-state index in [1.807, 2.05) is 6.92 Å². The van der Waals surface area contributed by atoms with Crippen LogP contribution in [0, 0.1) is 0 Å². The number of hydrogen-bond acceptors (Lipinski definition) is 4. The van der Waals surface area contributed by atoms with Gasteiger partial charge in [-0.2, -0.15) is 4.72 Å². The number of carbonyl (C=O) groups is 1. The van der Waals surface area contributed by atoms with Crippen LogP contribution in [0.1, 0.15) is 20.3 Å². The standard InChI is InChI=1S/C18H21BrN2O4S/c1-3-17(21-26(23,24)16-11-5-13(19)6-12-16)18(22)20-14-7-9-15(10-8-14)25-4-2/h5-12,17,21H,3-4H2,1-2H3,(H,20,22). The van der Waals surface area contributed by atoms with Gasteiger partial charge in [0, 0.05) is 10.2 Å². The lowest BCUT2D eigenvalue weighted by atomic mass is 10.2. The maximum absolute atomic E-state index is 12.5. The Morgan fingerprint density at radius 3 is 2.23 bits per heavy atom. The van der Waals surface area contributed by atoms with Crippen molar-refractivity contribution in [3.05, 3.63) is 53.0 Å². The van der Waals surface area contributed by atoms with Gasteiger partial charge in [0.05, 0.1) is 11.5 Å². The molecule has 26 heavy (non-hydrogen) atoms. The minimum atomic E-state index is -3.79. The lowest BCUT2D eigenvalue weighted by Crippen LogP contribution is -2.43.